The second kappa shape index (κ2) is 5.02. The molecule has 0 radical (unpaired) electrons. The first-order valence-corrected chi connectivity index (χ1v) is 6.30. The summed E-state index contributed by atoms with van der Waals surface area (Å²) in [6, 6.07) is 13.3. The van der Waals surface area contributed by atoms with Gasteiger partial charge >= 0.3 is 0 Å². The fraction of sp³-hybridized carbons (Fsp3) is 0.133. The lowest BCUT2D eigenvalue weighted by atomic mass is 10.2. The van der Waals surface area contributed by atoms with Gasteiger partial charge in [0, 0.05) is 11.8 Å². The largest absolute Gasteiger partial charge is 0.494 e. The van der Waals surface area contributed by atoms with Crippen LogP contribution in [0.1, 0.15) is 12.5 Å². The van der Waals surface area contributed by atoms with Crippen molar-refractivity contribution in [2.75, 3.05) is 6.61 Å². The van der Waals surface area contributed by atoms with E-state index >= 15 is 0 Å². The highest BCUT2D eigenvalue weighted by atomic mass is 16.5. The minimum absolute atomic E-state index is 0.574. The molecule has 0 unspecified atom stereocenters. The Morgan fingerprint density at radius 1 is 1.15 bits per heavy atom. The monoisotopic (exact) mass is 264 g/mol. The highest BCUT2D eigenvalue weighted by Crippen LogP contribution is 2.21. The van der Waals surface area contributed by atoms with Crippen LogP contribution in [0, 0.1) is 11.3 Å². The van der Waals surface area contributed by atoms with E-state index in [1.165, 1.54) is 0 Å². The average Bonchev–Trinajstić information content (AvgIpc) is 2.91. The van der Waals surface area contributed by atoms with Gasteiger partial charge in [-0.1, -0.05) is 0 Å². The molecule has 0 aliphatic heterocycles. The van der Waals surface area contributed by atoms with E-state index in [0.717, 1.165) is 11.3 Å². The summed E-state index contributed by atoms with van der Waals surface area (Å²) in [4.78, 5) is 0. The standard InChI is InChI=1S/C15H12N4O/c1-2-20-13-6-4-12(5-7-13)15-18-17-14-8-3-11(9-16)10-19(14)15/h3-8,10H,2H2,1H3. The fourth-order valence-electron chi connectivity index (χ4n) is 2.02. The van der Waals surface area contributed by atoms with Gasteiger partial charge in [0.2, 0.25) is 0 Å². The minimum atomic E-state index is 0.574. The maximum atomic E-state index is 8.97. The molecule has 0 spiro atoms. The zero-order valence-electron chi connectivity index (χ0n) is 10.9. The van der Waals surface area contributed by atoms with Crippen LogP contribution in [0.5, 0.6) is 5.75 Å². The van der Waals surface area contributed by atoms with Gasteiger partial charge in [-0.2, -0.15) is 5.26 Å². The predicted octanol–water partition coefficient (Wildman–Crippen LogP) is 2.67. The van der Waals surface area contributed by atoms with E-state index in [1.807, 2.05) is 35.6 Å². The molecular formula is C15H12N4O. The third kappa shape index (κ3) is 2.08. The number of nitrogens with zero attached hydrogens (tertiary/aromatic N) is 4. The zero-order valence-corrected chi connectivity index (χ0v) is 10.9. The molecule has 3 aromatic rings. The summed E-state index contributed by atoms with van der Waals surface area (Å²) in [6.45, 7) is 2.59. The van der Waals surface area contributed by atoms with Crippen molar-refractivity contribution >= 4 is 5.65 Å². The lowest BCUT2D eigenvalue weighted by Crippen LogP contribution is -1.93. The summed E-state index contributed by atoms with van der Waals surface area (Å²) in [5.74, 6) is 1.53. The van der Waals surface area contributed by atoms with Crippen molar-refractivity contribution in [3.63, 3.8) is 0 Å². The molecule has 0 saturated heterocycles. The van der Waals surface area contributed by atoms with Crippen LogP contribution in [0.3, 0.4) is 0 Å². The SMILES string of the molecule is CCOc1ccc(-c2nnc3ccc(C#N)cn23)cc1. The summed E-state index contributed by atoms with van der Waals surface area (Å²) >= 11 is 0. The van der Waals surface area contributed by atoms with Gasteiger partial charge in [-0.05, 0) is 43.3 Å². The molecule has 98 valence electrons. The van der Waals surface area contributed by atoms with Gasteiger partial charge in [0.15, 0.2) is 11.5 Å². The van der Waals surface area contributed by atoms with Crippen LogP contribution in [0.15, 0.2) is 42.6 Å². The van der Waals surface area contributed by atoms with Crippen LogP contribution in [0.25, 0.3) is 17.0 Å². The number of hydrogen-bond acceptors (Lipinski definition) is 4. The predicted molar refractivity (Wildman–Crippen MR) is 74.3 cm³/mol. The van der Waals surface area contributed by atoms with E-state index in [9.17, 15) is 0 Å². The van der Waals surface area contributed by atoms with Gasteiger partial charge in [-0.15, -0.1) is 10.2 Å². The number of rotatable bonds is 3. The molecule has 5 nitrogen and oxygen atoms in total. The molecule has 0 bridgehead atoms. The molecule has 1 aromatic carbocycles. The van der Waals surface area contributed by atoms with Crippen LogP contribution >= 0.6 is 0 Å². The van der Waals surface area contributed by atoms with Crippen LogP contribution < -0.4 is 4.74 Å². The third-order valence-electron chi connectivity index (χ3n) is 2.95. The van der Waals surface area contributed by atoms with Crippen LogP contribution in [-0.4, -0.2) is 21.2 Å². The van der Waals surface area contributed by atoms with Crippen molar-refractivity contribution in [1.29, 1.82) is 5.26 Å². The van der Waals surface area contributed by atoms with Crippen molar-refractivity contribution in [2.45, 2.75) is 6.92 Å². The lowest BCUT2D eigenvalue weighted by Gasteiger charge is -2.04. The summed E-state index contributed by atoms with van der Waals surface area (Å²) in [5.41, 5.74) is 2.22. The van der Waals surface area contributed by atoms with Crippen molar-refractivity contribution in [2.24, 2.45) is 0 Å². The molecule has 0 atom stereocenters. The topological polar surface area (TPSA) is 63.2 Å². The first-order chi connectivity index (χ1) is 9.81. The van der Waals surface area contributed by atoms with E-state index in [4.69, 9.17) is 10.00 Å². The van der Waals surface area contributed by atoms with E-state index in [1.54, 1.807) is 18.3 Å². The van der Waals surface area contributed by atoms with E-state index in [0.29, 0.717) is 23.6 Å². The number of fused-ring (bicyclic) bond motifs is 1. The molecule has 20 heavy (non-hydrogen) atoms. The number of pyridine rings is 1. The first-order valence-electron chi connectivity index (χ1n) is 6.30. The molecule has 3 rings (SSSR count). The summed E-state index contributed by atoms with van der Waals surface area (Å²) in [5, 5.41) is 17.3. The second-order valence-corrected chi connectivity index (χ2v) is 4.24. The van der Waals surface area contributed by atoms with Gasteiger partial charge in [-0.25, -0.2) is 0 Å². The average molecular weight is 264 g/mol. The van der Waals surface area contributed by atoms with Gasteiger partial charge in [0.05, 0.1) is 12.2 Å². The van der Waals surface area contributed by atoms with Gasteiger partial charge in [0.25, 0.3) is 0 Å². The molecule has 0 aliphatic carbocycles. The Morgan fingerprint density at radius 3 is 2.65 bits per heavy atom. The molecule has 2 aromatic heterocycles. The van der Waals surface area contributed by atoms with Crippen molar-refractivity contribution in [1.82, 2.24) is 14.6 Å². The number of aromatic nitrogens is 3. The minimum Gasteiger partial charge on any atom is -0.494 e. The van der Waals surface area contributed by atoms with Crippen molar-refractivity contribution in [3.8, 4) is 23.2 Å². The summed E-state index contributed by atoms with van der Waals surface area (Å²) in [6.07, 6.45) is 1.74. The normalized spacial score (nSPS) is 10.4. The molecule has 0 N–H and O–H groups in total. The molecule has 0 fully saturated rings. The molecule has 0 aliphatic rings. The molecule has 2 heterocycles. The smallest absolute Gasteiger partial charge is 0.168 e. The Balaban J connectivity index is 2.07. The Bertz CT molecular complexity index is 784. The Morgan fingerprint density at radius 2 is 1.95 bits per heavy atom. The molecule has 0 saturated carbocycles. The Hall–Kier alpha value is -2.87. The van der Waals surface area contributed by atoms with Crippen molar-refractivity contribution < 1.29 is 4.74 Å². The maximum absolute atomic E-state index is 8.97. The van der Waals surface area contributed by atoms with E-state index in [2.05, 4.69) is 16.3 Å². The first kappa shape index (κ1) is 12.2. The number of benzene rings is 1. The Labute approximate surface area is 116 Å². The van der Waals surface area contributed by atoms with Crippen molar-refractivity contribution in [3.05, 3.63) is 48.2 Å². The van der Waals surface area contributed by atoms with Crippen LogP contribution in [0.2, 0.25) is 0 Å². The van der Waals surface area contributed by atoms with E-state index < -0.39 is 0 Å². The Kier molecular flexibility index (Phi) is 3.05. The second-order valence-electron chi connectivity index (χ2n) is 4.24. The lowest BCUT2D eigenvalue weighted by molar-refractivity contribution is 0.340. The zero-order chi connectivity index (χ0) is 13.9. The van der Waals surface area contributed by atoms with Gasteiger partial charge in [-0.3, -0.25) is 4.40 Å². The highest BCUT2D eigenvalue weighted by Gasteiger charge is 2.08. The molecule has 0 amide bonds. The molecule has 5 heteroatoms. The quantitative estimate of drug-likeness (QED) is 0.729. The maximum Gasteiger partial charge on any atom is 0.168 e. The number of nitriles is 1. The highest BCUT2D eigenvalue weighted by molar-refractivity contribution is 5.61. The summed E-state index contributed by atoms with van der Waals surface area (Å²) < 4.78 is 7.23. The summed E-state index contributed by atoms with van der Waals surface area (Å²) in [7, 11) is 0. The van der Waals surface area contributed by atoms with Gasteiger partial charge in [0.1, 0.15) is 11.8 Å². The van der Waals surface area contributed by atoms with Crippen LogP contribution in [-0.2, 0) is 0 Å². The van der Waals surface area contributed by atoms with Gasteiger partial charge < -0.3 is 4.74 Å². The molecular weight excluding hydrogens is 252 g/mol. The number of hydrogen-bond donors (Lipinski definition) is 0. The fourth-order valence-corrected chi connectivity index (χ4v) is 2.02. The van der Waals surface area contributed by atoms with E-state index in [-0.39, 0.29) is 0 Å². The third-order valence-corrected chi connectivity index (χ3v) is 2.95. The van der Waals surface area contributed by atoms with Crippen LogP contribution in [0.4, 0.5) is 0 Å². The number of ether oxygens (including phenoxy) is 1.